The summed E-state index contributed by atoms with van der Waals surface area (Å²) in [5.41, 5.74) is 8.41. The summed E-state index contributed by atoms with van der Waals surface area (Å²) in [6, 6.07) is 7.14. The van der Waals surface area contributed by atoms with E-state index in [2.05, 4.69) is 26.1 Å². The highest BCUT2D eigenvalue weighted by molar-refractivity contribution is 9.10. The number of hydrogen-bond acceptors (Lipinski definition) is 4. The molecule has 3 rings (SSSR count). The van der Waals surface area contributed by atoms with E-state index in [1.807, 2.05) is 38.2 Å². The Labute approximate surface area is 131 Å². The highest BCUT2D eigenvalue weighted by Crippen LogP contribution is 2.38. The van der Waals surface area contributed by atoms with E-state index in [0.717, 1.165) is 32.9 Å². The van der Waals surface area contributed by atoms with Crippen molar-refractivity contribution in [2.24, 2.45) is 5.73 Å². The topological polar surface area (TPSA) is 71.5 Å². The van der Waals surface area contributed by atoms with Crippen LogP contribution >= 0.6 is 15.9 Å². The van der Waals surface area contributed by atoms with Crippen LogP contribution < -0.4 is 16.0 Å². The third kappa shape index (κ3) is 2.56. The third-order valence-electron chi connectivity index (χ3n) is 3.59. The highest BCUT2D eigenvalue weighted by atomic mass is 79.9. The number of halogens is 1. The van der Waals surface area contributed by atoms with Gasteiger partial charge in [0.1, 0.15) is 17.6 Å². The number of aryl methyl sites for hydroxylation is 1. The van der Waals surface area contributed by atoms with E-state index in [4.69, 9.17) is 10.2 Å². The van der Waals surface area contributed by atoms with Gasteiger partial charge in [-0.25, -0.2) is 0 Å². The van der Waals surface area contributed by atoms with Gasteiger partial charge in [-0.3, -0.25) is 4.79 Å². The van der Waals surface area contributed by atoms with E-state index < -0.39 is 6.04 Å². The molecule has 0 spiro atoms. The van der Waals surface area contributed by atoms with E-state index in [9.17, 15) is 4.79 Å². The van der Waals surface area contributed by atoms with Crippen LogP contribution in [0.25, 0.3) is 0 Å². The van der Waals surface area contributed by atoms with Gasteiger partial charge < -0.3 is 20.4 Å². The summed E-state index contributed by atoms with van der Waals surface area (Å²) in [5, 5.41) is 2.80. The van der Waals surface area contributed by atoms with Crippen LogP contribution in [0, 0.1) is 6.92 Å². The number of benzene rings is 1. The van der Waals surface area contributed by atoms with E-state index in [1.54, 1.807) is 0 Å². The third-order valence-corrected chi connectivity index (χ3v) is 4.23. The molecule has 110 valence electrons. The monoisotopic (exact) mass is 349 g/mol. The van der Waals surface area contributed by atoms with Crippen LogP contribution in [0.15, 0.2) is 33.2 Å². The minimum absolute atomic E-state index is 0.168. The van der Waals surface area contributed by atoms with Crippen LogP contribution in [-0.2, 0) is 11.3 Å². The largest absolute Gasteiger partial charge is 0.464 e. The maximum Gasteiger partial charge on any atom is 0.245 e. The SMILES string of the molecule is Cc1ccc(CN(C)c2cc3c(cc2Br)C(N)C(=O)N3)o1. The fourth-order valence-electron chi connectivity index (χ4n) is 2.48. The average molecular weight is 350 g/mol. The minimum atomic E-state index is -0.594. The number of nitrogens with zero attached hydrogens (tertiary/aromatic N) is 1. The molecule has 0 bridgehead atoms. The fourth-order valence-corrected chi connectivity index (χ4v) is 3.14. The molecule has 3 N–H and O–H groups in total. The first-order valence-corrected chi connectivity index (χ1v) is 7.41. The molecule has 1 amide bonds. The van der Waals surface area contributed by atoms with Crippen molar-refractivity contribution < 1.29 is 9.21 Å². The molecule has 0 fully saturated rings. The van der Waals surface area contributed by atoms with Gasteiger partial charge in [-0.15, -0.1) is 0 Å². The van der Waals surface area contributed by atoms with Crippen molar-refractivity contribution in [3.63, 3.8) is 0 Å². The molecule has 0 saturated carbocycles. The van der Waals surface area contributed by atoms with E-state index in [-0.39, 0.29) is 5.91 Å². The van der Waals surface area contributed by atoms with Gasteiger partial charge in [-0.1, -0.05) is 0 Å². The van der Waals surface area contributed by atoms with Crippen molar-refractivity contribution in [1.29, 1.82) is 0 Å². The molecule has 1 aliphatic heterocycles. The lowest BCUT2D eigenvalue weighted by atomic mass is 10.1. The van der Waals surface area contributed by atoms with Gasteiger partial charge in [0.2, 0.25) is 5.91 Å². The van der Waals surface area contributed by atoms with Crippen molar-refractivity contribution in [3.05, 3.63) is 45.8 Å². The molecule has 1 atom stereocenters. The molecule has 1 aromatic carbocycles. The summed E-state index contributed by atoms with van der Waals surface area (Å²) in [5.74, 6) is 1.62. The number of nitrogens with one attached hydrogen (secondary N) is 1. The molecule has 2 aromatic rings. The van der Waals surface area contributed by atoms with Gasteiger partial charge in [0.25, 0.3) is 0 Å². The molecular weight excluding hydrogens is 334 g/mol. The minimum Gasteiger partial charge on any atom is -0.464 e. The molecule has 2 heterocycles. The summed E-state index contributed by atoms with van der Waals surface area (Å²) in [6.07, 6.45) is 0. The Morgan fingerprint density at radius 2 is 2.19 bits per heavy atom. The number of furan rings is 1. The Morgan fingerprint density at radius 3 is 2.86 bits per heavy atom. The smallest absolute Gasteiger partial charge is 0.245 e. The van der Waals surface area contributed by atoms with Crippen LogP contribution in [0.4, 0.5) is 11.4 Å². The summed E-state index contributed by atoms with van der Waals surface area (Å²) < 4.78 is 6.50. The first-order chi connectivity index (χ1) is 9.95. The van der Waals surface area contributed by atoms with Crippen molar-refractivity contribution in [2.75, 3.05) is 17.3 Å². The number of rotatable bonds is 3. The van der Waals surface area contributed by atoms with Gasteiger partial charge in [0.15, 0.2) is 0 Å². The number of nitrogens with two attached hydrogens (primary N) is 1. The molecule has 21 heavy (non-hydrogen) atoms. The summed E-state index contributed by atoms with van der Waals surface area (Å²) >= 11 is 3.55. The number of carbonyl (C=O) groups is 1. The Balaban J connectivity index is 1.89. The average Bonchev–Trinajstić information content (AvgIpc) is 2.95. The maximum absolute atomic E-state index is 11.6. The lowest BCUT2D eigenvalue weighted by molar-refractivity contribution is -0.116. The molecule has 0 saturated heterocycles. The van der Waals surface area contributed by atoms with Crippen molar-refractivity contribution in [3.8, 4) is 0 Å². The number of fused-ring (bicyclic) bond motifs is 1. The molecule has 5 nitrogen and oxygen atoms in total. The molecule has 1 aliphatic rings. The Hall–Kier alpha value is -1.79. The second-order valence-corrected chi connectivity index (χ2v) is 6.08. The first-order valence-electron chi connectivity index (χ1n) is 6.62. The Bertz CT molecular complexity index is 711. The predicted molar refractivity (Wildman–Crippen MR) is 85.3 cm³/mol. The second-order valence-electron chi connectivity index (χ2n) is 5.23. The molecule has 0 radical (unpaired) electrons. The van der Waals surface area contributed by atoms with Gasteiger partial charge in [-0.05, 0) is 47.1 Å². The normalized spacial score (nSPS) is 16.8. The number of carbonyl (C=O) groups excluding carboxylic acids is 1. The van der Waals surface area contributed by atoms with Crippen molar-refractivity contribution in [1.82, 2.24) is 0 Å². The molecule has 1 aromatic heterocycles. The number of hydrogen-bond donors (Lipinski definition) is 2. The van der Waals surface area contributed by atoms with Crippen molar-refractivity contribution in [2.45, 2.75) is 19.5 Å². The predicted octanol–water partition coefficient (Wildman–Crippen LogP) is 2.94. The van der Waals surface area contributed by atoms with Crippen LogP contribution in [0.1, 0.15) is 23.1 Å². The molecule has 1 unspecified atom stereocenters. The van der Waals surface area contributed by atoms with Crippen LogP contribution in [0.5, 0.6) is 0 Å². The zero-order valence-electron chi connectivity index (χ0n) is 11.8. The Morgan fingerprint density at radius 1 is 1.43 bits per heavy atom. The first kappa shape index (κ1) is 14.2. The molecule has 6 heteroatoms. The van der Waals surface area contributed by atoms with Crippen LogP contribution in [0.3, 0.4) is 0 Å². The van der Waals surface area contributed by atoms with Gasteiger partial charge in [0.05, 0.1) is 12.2 Å². The maximum atomic E-state index is 11.6. The van der Waals surface area contributed by atoms with E-state index in [1.165, 1.54) is 0 Å². The van der Waals surface area contributed by atoms with E-state index >= 15 is 0 Å². The number of amides is 1. The number of anilines is 2. The van der Waals surface area contributed by atoms with Gasteiger partial charge >= 0.3 is 0 Å². The summed E-state index contributed by atoms with van der Waals surface area (Å²) in [4.78, 5) is 13.7. The van der Waals surface area contributed by atoms with Crippen molar-refractivity contribution >= 4 is 33.2 Å². The van der Waals surface area contributed by atoms with Gasteiger partial charge in [0, 0.05) is 22.8 Å². The Kier molecular flexibility index (Phi) is 3.51. The zero-order valence-corrected chi connectivity index (χ0v) is 13.4. The van der Waals surface area contributed by atoms with E-state index in [0.29, 0.717) is 6.54 Å². The summed E-state index contributed by atoms with van der Waals surface area (Å²) in [7, 11) is 1.97. The van der Waals surface area contributed by atoms with Gasteiger partial charge in [-0.2, -0.15) is 0 Å². The standard InChI is InChI=1S/C15H16BrN3O2/c1-8-3-4-9(21-8)7-19(2)13-6-12-10(5-11(13)16)14(17)15(20)18-12/h3-6,14H,7,17H2,1-2H3,(H,18,20). The quantitative estimate of drug-likeness (QED) is 0.893. The lowest BCUT2D eigenvalue weighted by Gasteiger charge is -2.20. The summed E-state index contributed by atoms with van der Waals surface area (Å²) in [6.45, 7) is 2.57. The molecule has 0 aliphatic carbocycles. The highest BCUT2D eigenvalue weighted by Gasteiger charge is 2.28. The zero-order chi connectivity index (χ0) is 15.1. The lowest BCUT2D eigenvalue weighted by Crippen LogP contribution is -2.19. The van der Waals surface area contributed by atoms with Crippen LogP contribution in [0.2, 0.25) is 0 Å². The molecular formula is C15H16BrN3O2. The van der Waals surface area contributed by atoms with Crippen LogP contribution in [-0.4, -0.2) is 13.0 Å². The second kappa shape index (κ2) is 5.20. The fraction of sp³-hybridized carbons (Fsp3) is 0.267.